The van der Waals surface area contributed by atoms with E-state index in [2.05, 4.69) is 107 Å². The molecule has 1 aliphatic rings. The minimum atomic E-state index is -0.870. The first-order valence-electron chi connectivity index (χ1n) is 20.5. The number of hydrogen-bond donors (Lipinski definition) is 0. The van der Waals surface area contributed by atoms with Gasteiger partial charge in [0.1, 0.15) is 0 Å². The van der Waals surface area contributed by atoms with E-state index >= 15 is 0 Å². The van der Waals surface area contributed by atoms with Gasteiger partial charge >= 0.3 is 15.9 Å². The number of aryl methyl sites for hydroxylation is 1. The van der Waals surface area contributed by atoms with E-state index in [0.717, 1.165) is 46.8 Å². The first-order valence-corrected chi connectivity index (χ1v) is 21.5. The molecule has 1 aliphatic heterocycles. The van der Waals surface area contributed by atoms with Gasteiger partial charge in [0.05, 0.1) is 49.1 Å². The van der Waals surface area contributed by atoms with Crippen molar-refractivity contribution in [3.8, 4) is 11.5 Å². The molecule has 0 unspecified atom stereocenters. The molecule has 4 rings (SSSR count). The molecule has 0 saturated carbocycles. The second-order valence-electron chi connectivity index (χ2n) is 18.5. The van der Waals surface area contributed by atoms with E-state index in [4.69, 9.17) is 17.6 Å². The maximum absolute atomic E-state index is 6.91. The van der Waals surface area contributed by atoms with E-state index in [0.29, 0.717) is 0 Å². The topological polar surface area (TPSA) is 43.2 Å². The zero-order chi connectivity index (χ0) is 38.9. The third kappa shape index (κ3) is 11.8. The highest BCUT2D eigenvalue weighted by Crippen LogP contribution is 2.40. The largest absolute Gasteiger partial charge is 0.881 e. The molecule has 0 aliphatic carbocycles. The maximum atomic E-state index is 6.91. The predicted molar refractivity (Wildman–Crippen MR) is 230 cm³/mol. The zero-order valence-electron chi connectivity index (χ0n) is 35.5. The Kier molecular flexibility index (Phi) is 15.0. The Labute approximate surface area is 330 Å². The molecule has 0 spiro atoms. The molecule has 53 heavy (non-hydrogen) atoms. The van der Waals surface area contributed by atoms with Crippen LogP contribution in [0.2, 0.25) is 0 Å². The van der Waals surface area contributed by atoms with Crippen molar-refractivity contribution in [1.29, 1.82) is 0 Å². The Morgan fingerprint density at radius 1 is 0.566 bits per heavy atom. The van der Waals surface area contributed by atoms with E-state index in [1.54, 1.807) is 0 Å². The molecule has 0 bridgehead atoms. The quantitative estimate of drug-likeness (QED) is 0.130. The van der Waals surface area contributed by atoms with Crippen molar-refractivity contribution in [3.05, 3.63) is 81.9 Å². The van der Waals surface area contributed by atoms with Crippen LogP contribution in [0.25, 0.3) is 0 Å². The monoisotopic (exact) mass is 736 g/mol. The molecule has 0 atom stereocenters. The number of para-hydroxylation sites is 2. The number of nitrogens with zero attached hydrogens (tertiary/aromatic N) is 3. The summed E-state index contributed by atoms with van der Waals surface area (Å²) >= 11 is -0.870. The zero-order valence-corrected chi connectivity index (χ0v) is 36.6. The molecule has 6 heteroatoms. The smallest absolute Gasteiger partial charge is 0.615 e. The van der Waals surface area contributed by atoms with Gasteiger partial charge in [-0.15, -0.1) is 0 Å². The van der Waals surface area contributed by atoms with Crippen LogP contribution in [0, 0.1) is 0 Å². The normalized spacial score (nSPS) is 13.7. The summed E-state index contributed by atoms with van der Waals surface area (Å²) in [6.07, 6.45) is 13.7. The highest BCUT2D eigenvalue weighted by atomic mass is 27.2. The fraction of sp³-hybridized carbons (Fsp3) is 0.574. The summed E-state index contributed by atoms with van der Waals surface area (Å²) in [7, 11) is 0. The summed E-state index contributed by atoms with van der Waals surface area (Å²) in [5.74, 6) is 1.77. The fourth-order valence-corrected chi connectivity index (χ4v) is 8.07. The molecule has 0 saturated heterocycles. The number of rotatable bonds is 13. The van der Waals surface area contributed by atoms with Crippen molar-refractivity contribution >= 4 is 39.7 Å². The standard InChI is InChI=1S/C47H71N3O2.Al/c1-13-16-25-50(26-17-14-2,27-18-15-3)28-21-22-35-29-38(45(4,5)6)30-36(43(35)51)33-48-41-23-19-20-24-42(41)49-34-37-31-39(46(7,8)9)32-40(44(37)52)47(10,11)12;/h19-20,23-24,29-34H,13-18,21-22,25-28H2,1-12H3,(H-,48,49,51,52);/q;+2/p-1. The minimum absolute atomic E-state index is 0.0289. The van der Waals surface area contributed by atoms with Crippen molar-refractivity contribution in [2.45, 2.75) is 151 Å². The van der Waals surface area contributed by atoms with Crippen LogP contribution in [0.15, 0.2) is 58.5 Å². The van der Waals surface area contributed by atoms with Crippen LogP contribution in [0.1, 0.15) is 161 Å². The molecular formula is C47H70AlN3O2+. The van der Waals surface area contributed by atoms with Crippen molar-refractivity contribution < 1.29 is 12.1 Å². The van der Waals surface area contributed by atoms with Gasteiger partial charge in [-0.2, -0.15) is 0 Å². The summed E-state index contributed by atoms with van der Waals surface area (Å²) < 4.78 is 15.0. The number of fused-ring (bicyclic) bond motifs is 3. The van der Waals surface area contributed by atoms with E-state index < -0.39 is 15.9 Å². The summed E-state index contributed by atoms with van der Waals surface area (Å²) in [5, 5.41) is 0. The lowest BCUT2D eigenvalue weighted by Crippen LogP contribution is -2.50. The highest BCUT2D eigenvalue weighted by Gasteiger charge is 2.29. The van der Waals surface area contributed by atoms with Gasteiger partial charge in [-0.1, -0.05) is 127 Å². The molecule has 3 aromatic carbocycles. The first-order chi connectivity index (χ1) is 25.0. The Morgan fingerprint density at radius 3 is 1.49 bits per heavy atom. The number of hydrogen-bond acceptors (Lipinski definition) is 4. The van der Waals surface area contributed by atoms with Gasteiger partial charge in [0.15, 0.2) is 0 Å². The van der Waals surface area contributed by atoms with Crippen LogP contribution < -0.4 is 7.58 Å². The molecule has 1 radical (unpaired) electrons. The molecule has 0 amide bonds. The Balaban J connectivity index is 1.85. The average Bonchev–Trinajstić information content (AvgIpc) is 3.10. The van der Waals surface area contributed by atoms with Gasteiger partial charge in [0.25, 0.3) is 0 Å². The molecule has 1 heterocycles. The summed E-state index contributed by atoms with van der Waals surface area (Å²) in [4.78, 5) is 10.1. The van der Waals surface area contributed by atoms with Gasteiger partial charge < -0.3 is 12.1 Å². The summed E-state index contributed by atoms with van der Waals surface area (Å²) in [5.41, 5.74) is 8.42. The summed E-state index contributed by atoms with van der Waals surface area (Å²) in [6, 6.07) is 17.4. The van der Waals surface area contributed by atoms with E-state index in [1.807, 2.05) is 36.7 Å². The van der Waals surface area contributed by atoms with Gasteiger partial charge in [0, 0.05) is 30.0 Å². The molecule has 287 valence electrons. The van der Waals surface area contributed by atoms with Crippen molar-refractivity contribution in [2.75, 3.05) is 26.2 Å². The van der Waals surface area contributed by atoms with Crippen LogP contribution in [0.3, 0.4) is 0 Å². The molecule has 3 aromatic rings. The molecule has 0 fully saturated rings. The number of benzene rings is 3. The lowest BCUT2D eigenvalue weighted by molar-refractivity contribution is -0.929. The van der Waals surface area contributed by atoms with E-state index in [9.17, 15) is 0 Å². The van der Waals surface area contributed by atoms with Crippen molar-refractivity contribution in [3.63, 3.8) is 0 Å². The lowest BCUT2D eigenvalue weighted by Gasteiger charge is -2.39. The van der Waals surface area contributed by atoms with Gasteiger partial charge in [0.2, 0.25) is 0 Å². The van der Waals surface area contributed by atoms with Crippen molar-refractivity contribution in [2.24, 2.45) is 9.98 Å². The number of unbranched alkanes of at least 4 members (excludes halogenated alkanes) is 3. The first kappa shape index (κ1) is 42.8. The van der Waals surface area contributed by atoms with Crippen LogP contribution >= 0.6 is 0 Å². The van der Waals surface area contributed by atoms with Gasteiger partial charge in [-0.3, -0.25) is 9.98 Å². The number of aliphatic imine (C=N–C) groups is 2. The van der Waals surface area contributed by atoms with Crippen LogP contribution in [-0.4, -0.2) is 59.0 Å². The molecule has 0 N–H and O–H groups in total. The Hall–Kier alpha value is -2.91. The van der Waals surface area contributed by atoms with Crippen LogP contribution in [0.4, 0.5) is 11.4 Å². The van der Waals surface area contributed by atoms with E-state index in [-0.39, 0.29) is 16.2 Å². The predicted octanol–water partition coefficient (Wildman–Crippen LogP) is 12.5. The second kappa shape index (κ2) is 18.6. The SMILES string of the molecule is CCCC[N+](CCCC)(CCCC)CCCc1cc(C(C)(C)C)cc2c1[O][Al][O]c1c(cc(C(C)(C)C)cc1C(C)(C)C)C=Nc1ccccc1N=C2. The van der Waals surface area contributed by atoms with E-state index in [1.165, 1.54) is 91.4 Å². The van der Waals surface area contributed by atoms with Crippen LogP contribution in [0.5, 0.6) is 11.5 Å². The fourth-order valence-electron chi connectivity index (χ4n) is 7.28. The lowest BCUT2D eigenvalue weighted by atomic mass is 9.79. The second-order valence-corrected chi connectivity index (χ2v) is 19.1. The Bertz CT molecular complexity index is 1680. The minimum Gasteiger partial charge on any atom is -0.615 e. The van der Waals surface area contributed by atoms with Gasteiger partial charge in [-0.25, -0.2) is 0 Å². The summed E-state index contributed by atoms with van der Waals surface area (Å²) in [6.45, 7) is 32.5. The molecule has 0 aromatic heterocycles. The highest BCUT2D eigenvalue weighted by molar-refractivity contribution is 6.21. The van der Waals surface area contributed by atoms with Crippen LogP contribution in [-0.2, 0) is 22.7 Å². The maximum Gasteiger partial charge on any atom is 0.881 e. The average molecular weight is 736 g/mol. The number of quaternary nitrogens is 1. The third-order valence-corrected chi connectivity index (χ3v) is 11.5. The third-order valence-electron chi connectivity index (χ3n) is 10.8. The molecular weight excluding hydrogens is 666 g/mol. The van der Waals surface area contributed by atoms with Gasteiger partial charge in [-0.05, 0) is 88.4 Å². The van der Waals surface area contributed by atoms with Crippen molar-refractivity contribution in [1.82, 2.24) is 0 Å². The Morgan fingerprint density at radius 2 is 1.02 bits per heavy atom. The molecule has 5 nitrogen and oxygen atoms in total.